The van der Waals surface area contributed by atoms with Crippen molar-refractivity contribution < 1.29 is 14.3 Å². The number of nitrogens with zero attached hydrogens (tertiary/aromatic N) is 4. The van der Waals surface area contributed by atoms with Gasteiger partial charge in [-0.05, 0) is 51.8 Å². The molecule has 3 aromatic rings. The highest BCUT2D eigenvalue weighted by atomic mass is 32.2. The van der Waals surface area contributed by atoms with E-state index in [0.29, 0.717) is 11.8 Å². The molecule has 8 heteroatoms. The number of benzene rings is 1. The van der Waals surface area contributed by atoms with Gasteiger partial charge in [0.25, 0.3) is 0 Å². The molecule has 150 valence electrons. The van der Waals surface area contributed by atoms with Crippen molar-refractivity contribution in [2.45, 2.75) is 44.8 Å². The average Bonchev–Trinajstić information content (AvgIpc) is 3.17. The smallest absolute Gasteiger partial charge is 0.231 e. The van der Waals surface area contributed by atoms with E-state index in [2.05, 4.69) is 19.3 Å². The number of rotatable bonds is 6. The Morgan fingerprint density at radius 3 is 2.72 bits per heavy atom. The SMILES string of the molecule is Cc1cc(C(=O)CSc2nnc(C)n2C2CC2)c(C)n1-c1ccc2c(c1)OCO2. The van der Waals surface area contributed by atoms with Crippen LogP contribution in [0.25, 0.3) is 5.69 Å². The Bertz CT molecular complexity index is 1110. The summed E-state index contributed by atoms with van der Waals surface area (Å²) in [7, 11) is 0. The van der Waals surface area contributed by atoms with Gasteiger partial charge in [-0.1, -0.05) is 11.8 Å². The number of thioether (sulfide) groups is 1. The van der Waals surface area contributed by atoms with Crippen LogP contribution in [0.2, 0.25) is 0 Å². The molecule has 3 heterocycles. The van der Waals surface area contributed by atoms with E-state index in [1.807, 2.05) is 45.0 Å². The molecule has 0 N–H and O–H groups in total. The summed E-state index contributed by atoms with van der Waals surface area (Å²) in [5, 5.41) is 9.28. The van der Waals surface area contributed by atoms with Crippen LogP contribution in [0.5, 0.6) is 11.5 Å². The van der Waals surface area contributed by atoms with Gasteiger partial charge in [-0.3, -0.25) is 4.79 Å². The van der Waals surface area contributed by atoms with Gasteiger partial charge in [0.2, 0.25) is 6.79 Å². The van der Waals surface area contributed by atoms with Crippen LogP contribution in [0.1, 0.15) is 46.5 Å². The first kappa shape index (κ1) is 18.3. The largest absolute Gasteiger partial charge is 0.454 e. The Kier molecular flexibility index (Phi) is 4.38. The number of Topliss-reactive ketones (excluding diaryl/α,β-unsaturated/α-hetero) is 1. The molecular weight excluding hydrogens is 388 g/mol. The quantitative estimate of drug-likeness (QED) is 0.451. The number of ketones is 1. The predicted molar refractivity (Wildman–Crippen MR) is 109 cm³/mol. The second-order valence-corrected chi connectivity index (χ2v) is 8.44. The van der Waals surface area contributed by atoms with Gasteiger partial charge in [0.15, 0.2) is 22.4 Å². The summed E-state index contributed by atoms with van der Waals surface area (Å²) < 4.78 is 15.1. The third kappa shape index (κ3) is 3.21. The molecule has 2 aliphatic rings. The van der Waals surface area contributed by atoms with E-state index in [4.69, 9.17) is 9.47 Å². The lowest BCUT2D eigenvalue weighted by Crippen LogP contribution is -2.07. The molecule has 0 saturated heterocycles. The van der Waals surface area contributed by atoms with Gasteiger partial charge in [0.05, 0.1) is 5.75 Å². The first-order valence-corrected chi connectivity index (χ1v) is 10.7. The number of hydrogen-bond donors (Lipinski definition) is 0. The second kappa shape index (κ2) is 6.95. The number of aryl methyl sites for hydroxylation is 2. The van der Waals surface area contributed by atoms with Crippen LogP contribution in [0.4, 0.5) is 0 Å². The van der Waals surface area contributed by atoms with Crippen molar-refractivity contribution in [3.8, 4) is 17.2 Å². The van der Waals surface area contributed by atoms with Gasteiger partial charge in [-0.15, -0.1) is 10.2 Å². The summed E-state index contributed by atoms with van der Waals surface area (Å²) in [6.45, 7) is 6.20. The van der Waals surface area contributed by atoms with E-state index in [-0.39, 0.29) is 12.6 Å². The summed E-state index contributed by atoms with van der Waals surface area (Å²) >= 11 is 1.47. The Morgan fingerprint density at radius 2 is 1.93 bits per heavy atom. The number of ether oxygens (including phenoxy) is 2. The highest BCUT2D eigenvalue weighted by molar-refractivity contribution is 7.99. The van der Waals surface area contributed by atoms with Crippen molar-refractivity contribution >= 4 is 17.5 Å². The van der Waals surface area contributed by atoms with E-state index in [0.717, 1.165) is 58.0 Å². The zero-order valence-electron chi connectivity index (χ0n) is 16.6. The van der Waals surface area contributed by atoms with E-state index in [1.54, 1.807) is 0 Å². The average molecular weight is 410 g/mol. The molecule has 2 aromatic heterocycles. The summed E-state index contributed by atoms with van der Waals surface area (Å²) in [6, 6.07) is 8.29. The van der Waals surface area contributed by atoms with Crippen molar-refractivity contribution in [1.82, 2.24) is 19.3 Å². The van der Waals surface area contributed by atoms with Crippen LogP contribution < -0.4 is 9.47 Å². The molecule has 0 spiro atoms. The monoisotopic (exact) mass is 410 g/mol. The summed E-state index contributed by atoms with van der Waals surface area (Å²) in [6.07, 6.45) is 2.33. The van der Waals surface area contributed by atoms with Crippen molar-refractivity contribution in [1.29, 1.82) is 0 Å². The van der Waals surface area contributed by atoms with E-state index < -0.39 is 0 Å². The maximum absolute atomic E-state index is 13.0. The van der Waals surface area contributed by atoms with Crippen molar-refractivity contribution in [3.63, 3.8) is 0 Å². The van der Waals surface area contributed by atoms with Gasteiger partial charge < -0.3 is 18.6 Å². The minimum Gasteiger partial charge on any atom is -0.454 e. The summed E-state index contributed by atoms with van der Waals surface area (Å²) in [5.74, 6) is 2.84. The predicted octanol–water partition coefficient (Wildman–Crippen LogP) is 4.03. The molecule has 1 aromatic carbocycles. The third-order valence-electron chi connectivity index (χ3n) is 5.43. The molecular formula is C21H22N4O3S. The van der Waals surface area contributed by atoms with Crippen LogP contribution in [0.15, 0.2) is 29.4 Å². The maximum atomic E-state index is 13.0. The second-order valence-electron chi connectivity index (χ2n) is 7.50. The lowest BCUT2D eigenvalue weighted by molar-refractivity contribution is 0.102. The maximum Gasteiger partial charge on any atom is 0.231 e. The first-order valence-electron chi connectivity index (χ1n) is 9.69. The topological polar surface area (TPSA) is 71.2 Å². The lowest BCUT2D eigenvalue weighted by atomic mass is 10.2. The number of fused-ring (bicyclic) bond motifs is 1. The summed E-state index contributed by atoms with van der Waals surface area (Å²) in [4.78, 5) is 13.0. The van der Waals surface area contributed by atoms with E-state index in [9.17, 15) is 4.79 Å². The molecule has 1 fully saturated rings. The van der Waals surface area contributed by atoms with Gasteiger partial charge >= 0.3 is 0 Å². The normalized spacial score (nSPS) is 15.1. The molecule has 0 atom stereocenters. The lowest BCUT2D eigenvalue weighted by Gasteiger charge is -2.11. The molecule has 0 radical (unpaired) electrons. The van der Waals surface area contributed by atoms with Crippen LogP contribution in [0.3, 0.4) is 0 Å². The highest BCUT2D eigenvalue weighted by Crippen LogP contribution is 2.39. The Balaban J connectivity index is 1.38. The molecule has 5 rings (SSSR count). The molecule has 1 saturated carbocycles. The number of carbonyl (C=O) groups is 1. The van der Waals surface area contributed by atoms with E-state index >= 15 is 0 Å². The fraction of sp³-hybridized carbons (Fsp3) is 0.381. The minimum absolute atomic E-state index is 0.0955. The Hall–Kier alpha value is -2.74. The summed E-state index contributed by atoms with van der Waals surface area (Å²) in [5.41, 5.74) is 3.63. The third-order valence-corrected chi connectivity index (χ3v) is 6.37. The molecule has 1 aliphatic heterocycles. The molecule has 0 amide bonds. The molecule has 0 bridgehead atoms. The zero-order chi connectivity index (χ0) is 20.1. The standard InChI is InChI=1S/C21H22N4O3S/c1-12-8-17(13(2)24(12)16-6-7-19-20(9-16)28-11-27-19)18(26)10-29-21-23-22-14(3)25(21)15-4-5-15/h6-9,15H,4-5,10-11H2,1-3H3. The van der Waals surface area contributed by atoms with Crippen LogP contribution in [-0.4, -0.2) is 37.7 Å². The molecule has 29 heavy (non-hydrogen) atoms. The Labute approximate surface area is 173 Å². The molecule has 7 nitrogen and oxygen atoms in total. The Morgan fingerprint density at radius 1 is 1.14 bits per heavy atom. The van der Waals surface area contributed by atoms with Gasteiger partial charge in [0, 0.05) is 34.7 Å². The van der Waals surface area contributed by atoms with Gasteiger partial charge in [0.1, 0.15) is 5.82 Å². The van der Waals surface area contributed by atoms with Gasteiger partial charge in [-0.25, -0.2) is 0 Å². The van der Waals surface area contributed by atoms with Crippen molar-refractivity contribution in [2.24, 2.45) is 0 Å². The highest BCUT2D eigenvalue weighted by Gasteiger charge is 2.29. The number of carbonyl (C=O) groups excluding carboxylic acids is 1. The molecule has 1 aliphatic carbocycles. The fourth-order valence-electron chi connectivity index (χ4n) is 3.88. The van der Waals surface area contributed by atoms with Crippen molar-refractivity contribution in [3.05, 3.63) is 47.0 Å². The van der Waals surface area contributed by atoms with Crippen LogP contribution in [-0.2, 0) is 0 Å². The zero-order valence-corrected chi connectivity index (χ0v) is 17.5. The minimum atomic E-state index is 0.0955. The number of hydrogen-bond acceptors (Lipinski definition) is 6. The fourth-order valence-corrected chi connectivity index (χ4v) is 4.81. The first-order chi connectivity index (χ1) is 14.0. The van der Waals surface area contributed by atoms with Crippen molar-refractivity contribution in [2.75, 3.05) is 12.5 Å². The molecule has 0 unspecified atom stereocenters. The van der Waals surface area contributed by atoms with Crippen LogP contribution >= 0.6 is 11.8 Å². The van der Waals surface area contributed by atoms with E-state index in [1.165, 1.54) is 11.8 Å². The van der Waals surface area contributed by atoms with Gasteiger partial charge in [-0.2, -0.15) is 0 Å². The van der Waals surface area contributed by atoms with Crippen LogP contribution in [0, 0.1) is 20.8 Å². The number of aromatic nitrogens is 4.